The third-order valence-electron chi connectivity index (χ3n) is 2.61. The van der Waals surface area contributed by atoms with Crippen molar-refractivity contribution in [1.29, 1.82) is 0 Å². The van der Waals surface area contributed by atoms with Crippen LogP contribution < -0.4 is 4.74 Å². The Morgan fingerprint density at radius 2 is 2.12 bits per heavy atom. The van der Waals surface area contributed by atoms with Gasteiger partial charge in [-0.05, 0) is 12.5 Å². The fourth-order valence-electron chi connectivity index (χ4n) is 1.68. The molecule has 0 aliphatic carbocycles. The summed E-state index contributed by atoms with van der Waals surface area (Å²) in [5.74, 6) is 0.395. The van der Waals surface area contributed by atoms with E-state index < -0.39 is 6.10 Å². The van der Waals surface area contributed by atoms with Gasteiger partial charge in [-0.1, -0.05) is 24.3 Å². The van der Waals surface area contributed by atoms with E-state index in [4.69, 9.17) is 4.74 Å². The minimum Gasteiger partial charge on any atom is -0.496 e. The molecule has 0 aliphatic rings. The third kappa shape index (κ3) is 2.84. The van der Waals surface area contributed by atoms with Crippen molar-refractivity contribution in [3.8, 4) is 5.75 Å². The molecule has 0 spiro atoms. The zero-order chi connectivity index (χ0) is 12.0. The van der Waals surface area contributed by atoms with Gasteiger partial charge in [-0.2, -0.15) is 0 Å². The molecule has 0 aromatic heterocycles. The van der Waals surface area contributed by atoms with Gasteiger partial charge in [0.05, 0.1) is 13.2 Å². The number of benzene rings is 1. The van der Waals surface area contributed by atoms with Crippen molar-refractivity contribution in [3.05, 3.63) is 42.5 Å². The van der Waals surface area contributed by atoms with Crippen LogP contribution >= 0.6 is 0 Å². The molecule has 0 saturated heterocycles. The molecule has 0 bridgehead atoms. The number of methoxy groups -OCH3 is 1. The molecule has 0 aliphatic heterocycles. The molecule has 88 valence electrons. The van der Waals surface area contributed by atoms with Gasteiger partial charge >= 0.3 is 0 Å². The minimum absolute atomic E-state index is 0.0781. The van der Waals surface area contributed by atoms with E-state index in [1.54, 1.807) is 25.3 Å². The highest BCUT2D eigenvalue weighted by Crippen LogP contribution is 2.31. The van der Waals surface area contributed by atoms with Gasteiger partial charge in [0.25, 0.3) is 0 Å². The van der Waals surface area contributed by atoms with Gasteiger partial charge in [0.15, 0.2) is 0 Å². The second-order valence-corrected chi connectivity index (χ2v) is 3.65. The van der Waals surface area contributed by atoms with E-state index in [0.717, 1.165) is 0 Å². The quantitative estimate of drug-likeness (QED) is 0.723. The highest BCUT2D eigenvalue weighted by atomic mass is 16.5. The fourth-order valence-corrected chi connectivity index (χ4v) is 1.68. The summed E-state index contributed by atoms with van der Waals surface area (Å²) in [6, 6.07) is 7.27. The Morgan fingerprint density at radius 1 is 1.44 bits per heavy atom. The molecule has 0 saturated carbocycles. The molecule has 3 nitrogen and oxygen atoms in total. The zero-order valence-corrected chi connectivity index (χ0v) is 9.47. The summed E-state index contributed by atoms with van der Waals surface area (Å²) in [6.45, 7) is 3.54. The lowest BCUT2D eigenvalue weighted by atomic mass is 9.93. The average Bonchev–Trinajstić information content (AvgIpc) is 2.35. The number of hydrogen-bond acceptors (Lipinski definition) is 3. The van der Waals surface area contributed by atoms with Crippen LogP contribution in [-0.4, -0.2) is 23.9 Å². The highest BCUT2D eigenvalue weighted by Gasteiger charge is 2.21. The first-order chi connectivity index (χ1) is 7.74. The molecule has 1 rings (SSSR count). The van der Waals surface area contributed by atoms with E-state index in [1.165, 1.54) is 0 Å². The number of aliphatic hydroxyl groups is 2. The Kier molecular flexibility index (Phi) is 5.02. The minimum atomic E-state index is -0.737. The first kappa shape index (κ1) is 12.7. The Balaban J connectivity index is 2.92. The average molecular weight is 222 g/mol. The van der Waals surface area contributed by atoms with Crippen LogP contribution in [0.15, 0.2) is 36.9 Å². The Morgan fingerprint density at radius 3 is 2.69 bits per heavy atom. The Labute approximate surface area is 96.0 Å². The number of rotatable bonds is 6. The van der Waals surface area contributed by atoms with E-state index in [9.17, 15) is 10.2 Å². The van der Waals surface area contributed by atoms with E-state index in [-0.39, 0.29) is 12.5 Å². The van der Waals surface area contributed by atoms with Crippen LogP contribution in [0.1, 0.15) is 18.1 Å². The molecule has 2 unspecified atom stereocenters. The van der Waals surface area contributed by atoms with Gasteiger partial charge in [0, 0.05) is 18.1 Å². The van der Waals surface area contributed by atoms with Gasteiger partial charge in [-0.25, -0.2) is 0 Å². The second-order valence-electron chi connectivity index (χ2n) is 3.65. The lowest BCUT2D eigenvalue weighted by molar-refractivity contribution is 0.0665. The molecule has 0 radical (unpaired) electrons. The molecule has 0 fully saturated rings. The molecule has 3 heteroatoms. The van der Waals surface area contributed by atoms with Crippen molar-refractivity contribution in [2.75, 3.05) is 13.7 Å². The number of allylic oxidation sites excluding steroid dienone is 1. The highest BCUT2D eigenvalue weighted by molar-refractivity contribution is 5.35. The zero-order valence-electron chi connectivity index (χ0n) is 9.47. The van der Waals surface area contributed by atoms with E-state index in [0.29, 0.717) is 17.7 Å². The van der Waals surface area contributed by atoms with Crippen LogP contribution in [0.4, 0.5) is 0 Å². The summed E-state index contributed by atoms with van der Waals surface area (Å²) >= 11 is 0. The van der Waals surface area contributed by atoms with Crippen molar-refractivity contribution in [3.63, 3.8) is 0 Å². The number of hydrogen-bond donors (Lipinski definition) is 2. The number of ether oxygens (including phenoxy) is 1. The summed E-state index contributed by atoms with van der Waals surface area (Å²) in [6.07, 6.45) is 1.52. The SMILES string of the molecule is C=CCC(CO)C(O)c1ccccc1OC. The van der Waals surface area contributed by atoms with Crippen molar-refractivity contribution < 1.29 is 14.9 Å². The molecule has 0 heterocycles. The van der Waals surface area contributed by atoms with Gasteiger partial charge < -0.3 is 14.9 Å². The van der Waals surface area contributed by atoms with Crippen molar-refractivity contribution >= 4 is 0 Å². The first-order valence-electron chi connectivity index (χ1n) is 5.27. The maximum atomic E-state index is 10.1. The number of para-hydroxylation sites is 1. The van der Waals surface area contributed by atoms with E-state index in [1.807, 2.05) is 12.1 Å². The molecule has 0 amide bonds. The van der Waals surface area contributed by atoms with Gasteiger partial charge in [-0.3, -0.25) is 0 Å². The first-order valence-corrected chi connectivity index (χ1v) is 5.27. The summed E-state index contributed by atoms with van der Waals surface area (Å²) < 4.78 is 5.17. The van der Waals surface area contributed by atoms with Crippen LogP contribution in [-0.2, 0) is 0 Å². The monoisotopic (exact) mass is 222 g/mol. The standard InChI is InChI=1S/C13H18O3/c1-3-6-10(9-14)13(15)11-7-4-5-8-12(11)16-2/h3-5,7-8,10,13-15H,1,6,9H2,2H3. The molecular weight excluding hydrogens is 204 g/mol. The van der Waals surface area contributed by atoms with Gasteiger partial charge in [0.2, 0.25) is 0 Å². The molecule has 1 aromatic rings. The molecule has 1 aromatic carbocycles. The predicted octanol–water partition coefficient (Wildman–Crippen LogP) is 1.91. The Hall–Kier alpha value is -1.32. The number of aliphatic hydroxyl groups excluding tert-OH is 2. The van der Waals surface area contributed by atoms with Crippen LogP contribution in [0.5, 0.6) is 5.75 Å². The van der Waals surface area contributed by atoms with Crippen LogP contribution in [0.2, 0.25) is 0 Å². The molecular formula is C13H18O3. The third-order valence-corrected chi connectivity index (χ3v) is 2.61. The molecule has 2 atom stereocenters. The summed E-state index contributed by atoms with van der Waals surface area (Å²) in [5.41, 5.74) is 0.700. The van der Waals surface area contributed by atoms with E-state index >= 15 is 0 Å². The molecule has 2 N–H and O–H groups in total. The molecule has 16 heavy (non-hydrogen) atoms. The van der Waals surface area contributed by atoms with Gasteiger partial charge in [0.1, 0.15) is 5.75 Å². The normalized spacial score (nSPS) is 14.2. The van der Waals surface area contributed by atoms with Crippen LogP contribution in [0.25, 0.3) is 0 Å². The fraction of sp³-hybridized carbons (Fsp3) is 0.385. The van der Waals surface area contributed by atoms with Crippen molar-refractivity contribution in [2.45, 2.75) is 12.5 Å². The maximum absolute atomic E-state index is 10.1. The lowest BCUT2D eigenvalue weighted by Crippen LogP contribution is -2.16. The summed E-state index contributed by atoms with van der Waals surface area (Å²) in [5, 5.41) is 19.3. The van der Waals surface area contributed by atoms with E-state index in [2.05, 4.69) is 6.58 Å². The van der Waals surface area contributed by atoms with Crippen LogP contribution in [0, 0.1) is 5.92 Å². The predicted molar refractivity (Wildman–Crippen MR) is 63.3 cm³/mol. The van der Waals surface area contributed by atoms with Gasteiger partial charge in [-0.15, -0.1) is 6.58 Å². The topological polar surface area (TPSA) is 49.7 Å². The maximum Gasteiger partial charge on any atom is 0.124 e. The Bertz CT molecular complexity index is 336. The summed E-state index contributed by atoms with van der Waals surface area (Å²) in [7, 11) is 1.56. The van der Waals surface area contributed by atoms with Crippen molar-refractivity contribution in [2.24, 2.45) is 5.92 Å². The largest absolute Gasteiger partial charge is 0.496 e. The van der Waals surface area contributed by atoms with Crippen molar-refractivity contribution in [1.82, 2.24) is 0 Å². The smallest absolute Gasteiger partial charge is 0.124 e. The summed E-state index contributed by atoms with van der Waals surface area (Å²) in [4.78, 5) is 0. The van der Waals surface area contributed by atoms with Crippen LogP contribution in [0.3, 0.4) is 0 Å². The lowest BCUT2D eigenvalue weighted by Gasteiger charge is -2.21. The second kappa shape index (κ2) is 6.30.